The van der Waals surface area contributed by atoms with E-state index in [4.69, 9.17) is 11.6 Å². The maximum atomic E-state index is 13.5. The predicted octanol–water partition coefficient (Wildman–Crippen LogP) is 4.63. The third kappa shape index (κ3) is 2.85. The molecule has 0 heterocycles. The van der Waals surface area contributed by atoms with Crippen molar-refractivity contribution in [2.45, 2.75) is 11.8 Å². The van der Waals surface area contributed by atoms with Gasteiger partial charge in [-0.05, 0) is 36.2 Å². The van der Waals surface area contributed by atoms with Gasteiger partial charge in [0, 0.05) is 5.56 Å². The van der Waals surface area contributed by atoms with Gasteiger partial charge in [0.05, 0.1) is 5.38 Å². The minimum atomic E-state index is -0.868. The molecule has 0 aliphatic heterocycles. The molecule has 0 fully saturated rings. The van der Waals surface area contributed by atoms with Crippen LogP contribution in [0.15, 0.2) is 42.5 Å². The molecule has 18 heavy (non-hydrogen) atoms. The zero-order valence-electron chi connectivity index (χ0n) is 9.34. The molecular formula is C14H10ClF3. The highest BCUT2D eigenvalue weighted by atomic mass is 35.5. The third-order valence-corrected chi connectivity index (χ3v) is 2.99. The number of halogens is 4. The van der Waals surface area contributed by atoms with Gasteiger partial charge in [-0.25, -0.2) is 13.2 Å². The summed E-state index contributed by atoms with van der Waals surface area (Å²) in [4.78, 5) is 0. The Morgan fingerprint density at radius 2 is 1.56 bits per heavy atom. The molecule has 0 saturated carbocycles. The van der Waals surface area contributed by atoms with Crippen LogP contribution in [0.1, 0.15) is 16.5 Å². The number of benzene rings is 2. The summed E-state index contributed by atoms with van der Waals surface area (Å²) < 4.78 is 40.0. The minimum Gasteiger partial charge on any atom is -0.207 e. The Morgan fingerprint density at radius 1 is 0.944 bits per heavy atom. The van der Waals surface area contributed by atoms with Gasteiger partial charge in [0.15, 0.2) is 0 Å². The third-order valence-electron chi connectivity index (χ3n) is 2.62. The number of alkyl halides is 1. The van der Waals surface area contributed by atoms with Crippen LogP contribution < -0.4 is 0 Å². The fourth-order valence-electron chi connectivity index (χ4n) is 1.78. The van der Waals surface area contributed by atoms with Crippen molar-refractivity contribution in [3.8, 4) is 0 Å². The average Bonchev–Trinajstić information content (AvgIpc) is 2.28. The zero-order valence-corrected chi connectivity index (χ0v) is 10.1. The normalized spacial score (nSPS) is 12.4. The van der Waals surface area contributed by atoms with Crippen molar-refractivity contribution in [3.63, 3.8) is 0 Å². The van der Waals surface area contributed by atoms with Crippen molar-refractivity contribution in [2.75, 3.05) is 0 Å². The van der Waals surface area contributed by atoms with E-state index in [0.29, 0.717) is 5.56 Å². The maximum absolute atomic E-state index is 13.5. The number of hydrogen-bond donors (Lipinski definition) is 0. The first-order valence-electron chi connectivity index (χ1n) is 5.40. The molecular weight excluding hydrogens is 261 g/mol. The van der Waals surface area contributed by atoms with Crippen LogP contribution in [0.3, 0.4) is 0 Å². The topological polar surface area (TPSA) is 0 Å². The standard InChI is InChI=1S/C14H10ClF3/c15-11(8-9-3-1-4-10(16)7-9)14-12(17)5-2-6-13(14)18/h1-7,11H,8H2. The Bertz CT molecular complexity index is 534. The van der Waals surface area contributed by atoms with Crippen molar-refractivity contribution in [1.29, 1.82) is 0 Å². The minimum absolute atomic E-state index is 0.164. The molecule has 0 radical (unpaired) electrons. The first-order valence-corrected chi connectivity index (χ1v) is 5.84. The summed E-state index contributed by atoms with van der Waals surface area (Å²) in [5.41, 5.74) is 0.418. The Labute approximate surface area is 108 Å². The zero-order chi connectivity index (χ0) is 13.1. The van der Waals surface area contributed by atoms with Gasteiger partial charge in [-0.2, -0.15) is 0 Å². The van der Waals surface area contributed by atoms with Crippen LogP contribution in [0.2, 0.25) is 0 Å². The van der Waals surface area contributed by atoms with Crippen LogP contribution >= 0.6 is 11.6 Å². The van der Waals surface area contributed by atoms with Gasteiger partial charge in [0.1, 0.15) is 17.5 Å². The quantitative estimate of drug-likeness (QED) is 0.714. The second-order valence-corrected chi connectivity index (χ2v) is 4.46. The van der Waals surface area contributed by atoms with Crippen molar-refractivity contribution >= 4 is 11.6 Å². The number of rotatable bonds is 3. The smallest absolute Gasteiger partial charge is 0.130 e. The molecule has 94 valence electrons. The van der Waals surface area contributed by atoms with E-state index in [1.807, 2.05) is 0 Å². The summed E-state index contributed by atoms with van der Waals surface area (Å²) in [5, 5.41) is -0.868. The van der Waals surface area contributed by atoms with Crippen LogP contribution in [-0.4, -0.2) is 0 Å². The lowest BCUT2D eigenvalue weighted by Gasteiger charge is -2.12. The molecule has 0 aliphatic carbocycles. The first-order chi connectivity index (χ1) is 8.58. The van der Waals surface area contributed by atoms with E-state index in [-0.39, 0.29) is 12.0 Å². The van der Waals surface area contributed by atoms with Crippen LogP contribution in [0, 0.1) is 17.5 Å². The lowest BCUT2D eigenvalue weighted by atomic mass is 10.0. The maximum Gasteiger partial charge on any atom is 0.130 e. The molecule has 0 nitrogen and oxygen atoms in total. The van der Waals surface area contributed by atoms with Crippen LogP contribution in [0.5, 0.6) is 0 Å². The van der Waals surface area contributed by atoms with Crippen LogP contribution in [0.25, 0.3) is 0 Å². The highest BCUT2D eigenvalue weighted by molar-refractivity contribution is 6.21. The summed E-state index contributed by atoms with van der Waals surface area (Å²) in [6.45, 7) is 0. The molecule has 0 bridgehead atoms. The van der Waals surface area contributed by atoms with Gasteiger partial charge >= 0.3 is 0 Å². The predicted molar refractivity (Wildman–Crippen MR) is 65.1 cm³/mol. The van der Waals surface area contributed by atoms with Gasteiger partial charge in [0.2, 0.25) is 0 Å². The SMILES string of the molecule is Fc1cccc(CC(Cl)c2c(F)cccc2F)c1. The van der Waals surface area contributed by atoms with E-state index in [2.05, 4.69) is 0 Å². The van der Waals surface area contributed by atoms with E-state index in [1.54, 1.807) is 6.07 Å². The summed E-state index contributed by atoms with van der Waals surface area (Å²) in [6.07, 6.45) is 0.164. The molecule has 0 aliphatic rings. The average molecular weight is 271 g/mol. The van der Waals surface area contributed by atoms with E-state index >= 15 is 0 Å². The number of hydrogen-bond acceptors (Lipinski definition) is 0. The molecule has 0 spiro atoms. The van der Waals surface area contributed by atoms with E-state index in [1.165, 1.54) is 24.3 Å². The van der Waals surface area contributed by atoms with Gasteiger partial charge < -0.3 is 0 Å². The van der Waals surface area contributed by atoms with E-state index in [0.717, 1.165) is 12.1 Å². The summed E-state index contributed by atoms with van der Waals surface area (Å²) >= 11 is 6.00. The molecule has 2 aromatic rings. The Balaban J connectivity index is 2.25. The molecule has 2 rings (SSSR count). The Kier molecular flexibility index (Phi) is 3.92. The second kappa shape index (κ2) is 5.44. The molecule has 0 aromatic heterocycles. The lowest BCUT2D eigenvalue weighted by Crippen LogP contribution is -2.02. The summed E-state index contributed by atoms with van der Waals surface area (Å²) in [5.74, 6) is -1.77. The fraction of sp³-hybridized carbons (Fsp3) is 0.143. The molecule has 0 saturated heterocycles. The molecule has 1 atom stereocenters. The van der Waals surface area contributed by atoms with Crippen molar-refractivity contribution in [3.05, 3.63) is 71.0 Å². The molecule has 0 N–H and O–H groups in total. The molecule has 1 unspecified atom stereocenters. The monoisotopic (exact) mass is 270 g/mol. The van der Waals surface area contributed by atoms with E-state index in [9.17, 15) is 13.2 Å². The lowest BCUT2D eigenvalue weighted by molar-refractivity contribution is 0.550. The highest BCUT2D eigenvalue weighted by Gasteiger charge is 2.18. The van der Waals surface area contributed by atoms with Crippen molar-refractivity contribution < 1.29 is 13.2 Å². The molecule has 0 amide bonds. The second-order valence-electron chi connectivity index (χ2n) is 3.94. The van der Waals surface area contributed by atoms with Crippen LogP contribution in [-0.2, 0) is 6.42 Å². The molecule has 2 aromatic carbocycles. The highest BCUT2D eigenvalue weighted by Crippen LogP contribution is 2.29. The van der Waals surface area contributed by atoms with Gasteiger partial charge in [-0.1, -0.05) is 18.2 Å². The molecule has 4 heteroatoms. The van der Waals surface area contributed by atoms with Crippen molar-refractivity contribution in [1.82, 2.24) is 0 Å². The van der Waals surface area contributed by atoms with E-state index < -0.39 is 22.8 Å². The Hall–Kier alpha value is -1.48. The first kappa shape index (κ1) is 13.0. The Morgan fingerprint density at radius 3 is 2.17 bits per heavy atom. The van der Waals surface area contributed by atoms with Gasteiger partial charge in [-0.15, -0.1) is 11.6 Å². The fourth-order valence-corrected chi connectivity index (χ4v) is 2.17. The van der Waals surface area contributed by atoms with Crippen molar-refractivity contribution in [2.24, 2.45) is 0 Å². The van der Waals surface area contributed by atoms with Crippen LogP contribution in [0.4, 0.5) is 13.2 Å². The van der Waals surface area contributed by atoms with Gasteiger partial charge in [0.25, 0.3) is 0 Å². The summed E-state index contributed by atoms with van der Waals surface area (Å²) in [7, 11) is 0. The summed E-state index contributed by atoms with van der Waals surface area (Å²) in [6, 6.07) is 9.38. The van der Waals surface area contributed by atoms with Gasteiger partial charge in [-0.3, -0.25) is 0 Å². The largest absolute Gasteiger partial charge is 0.207 e.